The van der Waals surface area contributed by atoms with E-state index in [4.69, 9.17) is 0 Å². The molecule has 0 saturated carbocycles. The molecule has 1 aromatic rings. The quantitative estimate of drug-likeness (QED) is 0.905. The minimum Gasteiger partial charge on any atom is -0.343 e. The van der Waals surface area contributed by atoms with Crippen LogP contribution < -0.4 is 10.2 Å². The van der Waals surface area contributed by atoms with Crippen molar-refractivity contribution in [3.05, 3.63) is 29.8 Å². The Morgan fingerprint density at radius 3 is 2.79 bits per heavy atom. The van der Waals surface area contributed by atoms with Crippen molar-refractivity contribution in [3.63, 3.8) is 0 Å². The van der Waals surface area contributed by atoms with E-state index in [1.165, 1.54) is 12.1 Å². The highest BCUT2D eigenvalue weighted by Gasteiger charge is 2.34. The topological polar surface area (TPSA) is 49.4 Å². The Balaban J connectivity index is 2.34. The summed E-state index contributed by atoms with van der Waals surface area (Å²) in [6.07, 6.45) is 1.17. The average Bonchev–Trinajstić information content (AvgIpc) is 2.37. The molecule has 0 bridgehead atoms. The molecule has 2 amide bonds. The zero-order valence-electron chi connectivity index (χ0n) is 10.5. The fourth-order valence-electron chi connectivity index (χ4n) is 2.10. The average molecular weight is 268 g/mol. The molecule has 1 heterocycles. The lowest BCUT2D eigenvalue weighted by Crippen LogP contribution is -2.58. The van der Waals surface area contributed by atoms with Crippen molar-refractivity contribution in [1.82, 2.24) is 5.32 Å². The van der Waals surface area contributed by atoms with Crippen molar-refractivity contribution in [2.75, 3.05) is 11.4 Å². The van der Waals surface area contributed by atoms with Gasteiger partial charge < -0.3 is 5.32 Å². The molecule has 102 valence electrons. The molecule has 1 aromatic carbocycles. The molecular formula is C13H14F2N2O2. The van der Waals surface area contributed by atoms with Crippen LogP contribution in [0.15, 0.2) is 18.2 Å². The van der Waals surface area contributed by atoms with Gasteiger partial charge in [0.2, 0.25) is 11.8 Å². The number of halogens is 2. The Morgan fingerprint density at radius 2 is 2.11 bits per heavy atom. The lowest BCUT2D eigenvalue weighted by Gasteiger charge is -2.32. The van der Waals surface area contributed by atoms with Crippen molar-refractivity contribution in [2.45, 2.75) is 25.8 Å². The molecule has 4 nitrogen and oxygen atoms in total. The molecule has 1 saturated heterocycles. The molecule has 0 radical (unpaired) electrons. The number of rotatable bonds is 3. The van der Waals surface area contributed by atoms with Crippen LogP contribution in [0.4, 0.5) is 14.5 Å². The first-order chi connectivity index (χ1) is 9.04. The zero-order valence-corrected chi connectivity index (χ0v) is 10.5. The third kappa shape index (κ3) is 2.57. The first-order valence-corrected chi connectivity index (χ1v) is 6.09. The second-order valence-corrected chi connectivity index (χ2v) is 4.41. The molecule has 2 rings (SSSR count). The van der Waals surface area contributed by atoms with Crippen molar-refractivity contribution in [1.29, 1.82) is 0 Å². The fourth-order valence-corrected chi connectivity index (χ4v) is 2.10. The van der Waals surface area contributed by atoms with E-state index in [0.717, 1.165) is 11.0 Å². The van der Waals surface area contributed by atoms with E-state index in [0.29, 0.717) is 12.8 Å². The van der Waals surface area contributed by atoms with E-state index in [2.05, 4.69) is 5.32 Å². The summed E-state index contributed by atoms with van der Waals surface area (Å²) in [4.78, 5) is 24.7. The summed E-state index contributed by atoms with van der Waals surface area (Å²) in [5, 5.41) is 2.55. The van der Waals surface area contributed by atoms with Gasteiger partial charge in [-0.05, 0) is 18.6 Å². The molecular weight excluding hydrogens is 254 g/mol. The van der Waals surface area contributed by atoms with Gasteiger partial charge in [0.1, 0.15) is 12.6 Å². The van der Waals surface area contributed by atoms with E-state index < -0.39 is 23.6 Å². The summed E-state index contributed by atoms with van der Waals surface area (Å²) < 4.78 is 26.9. The van der Waals surface area contributed by atoms with Crippen LogP contribution in [0.1, 0.15) is 19.8 Å². The highest BCUT2D eigenvalue weighted by molar-refractivity contribution is 6.06. The third-order valence-electron chi connectivity index (χ3n) is 3.00. The van der Waals surface area contributed by atoms with Crippen molar-refractivity contribution >= 4 is 17.5 Å². The molecule has 0 spiro atoms. The summed E-state index contributed by atoms with van der Waals surface area (Å²) in [5.74, 6) is -2.93. The SMILES string of the molecule is CCCC1NC(=O)CN(c2cccc(F)c2F)C1=O. The van der Waals surface area contributed by atoms with E-state index in [-0.39, 0.29) is 18.1 Å². The number of nitrogens with one attached hydrogen (secondary N) is 1. The summed E-state index contributed by atoms with van der Waals surface area (Å²) in [7, 11) is 0. The Hall–Kier alpha value is -1.98. The minimum atomic E-state index is -1.11. The molecule has 1 aliphatic heterocycles. The molecule has 0 aliphatic carbocycles. The summed E-state index contributed by atoms with van der Waals surface area (Å²) in [6.45, 7) is 1.58. The number of amides is 2. The normalized spacial score (nSPS) is 19.5. The number of piperazine rings is 1. The van der Waals surface area contributed by atoms with Crippen LogP contribution in [0.5, 0.6) is 0 Å². The molecule has 0 aromatic heterocycles. The van der Waals surface area contributed by atoms with Crippen molar-refractivity contribution in [3.8, 4) is 0 Å². The Bertz CT molecular complexity index is 519. The maximum Gasteiger partial charge on any atom is 0.250 e. The number of benzene rings is 1. The molecule has 6 heteroatoms. The standard InChI is InChI=1S/C13H14F2N2O2/c1-2-4-9-13(19)17(7-11(18)16-9)10-6-3-5-8(14)12(10)15/h3,5-6,9H,2,4,7H2,1H3,(H,16,18). The molecule has 1 aliphatic rings. The van der Waals surface area contributed by atoms with Gasteiger partial charge in [-0.1, -0.05) is 19.4 Å². The van der Waals surface area contributed by atoms with Gasteiger partial charge >= 0.3 is 0 Å². The minimum absolute atomic E-state index is 0.194. The van der Waals surface area contributed by atoms with E-state index in [1.54, 1.807) is 0 Å². The lowest BCUT2D eigenvalue weighted by atomic mass is 10.1. The van der Waals surface area contributed by atoms with Crippen molar-refractivity contribution < 1.29 is 18.4 Å². The van der Waals surface area contributed by atoms with Gasteiger partial charge in [-0.25, -0.2) is 8.78 Å². The number of hydrogen-bond acceptors (Lipinski definition) is 2. The monoisotopic (exact) mass is 268 g/mol. The van der Waals surface area contributed by atoms with E-state index in [9.17, 15) is 18.4 Å². The first kappa shape index (κ1) is 13.5. The second-order valence-electron chi connectivity index (χ2n) is 4.41. The van der Waals surface area contributed by atoms with Gasteiger partial charge in [0.15, 0.2) is 11.6 Å². The van der Waals surface area contributed by atoms with E-state index >= 15 is 0 Å². The molecule has 1 N–H and O–H groups in total. The van der Waals surface area contributed by atoms with Gasteiger partial charge in [0, 0.05) is 0 Å². The Kier molecular flexibility index (Phi) is 3.78. The number of hydrogen-bond donors (Lipinski definition) is 1. The maximum absolute atomic E-state index is 13.7. The smallest absolute Gasteiger partial charge is 0.250 e. The van der Waals surface area contributed by atoms with Gasteiger partial charge in [-0.3, -0.25) is 14.5 Å². The number of nitrogens with zero attached hydrogens (tertiary/aromatic N) is 1. The van der Waals surface area contributed by atoms with Crippen LogP contribution in [0.25, 0.3) is 0 Å². The van der Waals surface area contributed by atoms with Gasteiger partial charge in [-0.2, -0.15) is 0 Å². The number of carbonyl (C=O) groups is 2. The van der Waals surface area contributed by atoms with Crippen LogP contribution in [-0.4, -0.2) is 24.4 Å². The Morgan fingerprint density at radius 1 is 1.37 bits per heavy atom. The lowest BCUT2D eigenvalue weighted by molar-refractivity contribution is -0.131. The Labute approximate surface area is 109 Å². The fraction of sp³-hybridized carbons (Fsp3) is 0.385. The molecule has 1 fully saturated rings. The maximum atomic E-state index is 13.7. The predicted octanol–water partition coefficient (Wildman–Crippen LogP) is 1.60. The second kappa shape index (κ2) is 5.34. The highest BCUT2D eigenvalue weighted by Crippen LogP contribution is 2.24. The number of anilines is 1. The highest BCUT2D eigenvalue weighted by atomic mass is 19.2. The zero-order chi connectivity index (χ0) is 14.0. The van der Waals surface area contributed by atoms with Crippen LogP contribution >= 0.6 is 0 Å². The van der Waals surface area contributed by atoms with Crippen LogP contribution in [0.3, 0.4) is 0 Å². The van der Waals surface area contributed by atoms with Crippen LogP contribution in [0.2, 0.25) is 0 Å². The van der Waals surface area contributed by atoms with Crippen molar-refractivity contribution in [2.24, 2.45) is 0 Å². The predicted molar refractivity (Wildman–Crippen MR) is 65.5 cm³/mol. The van der Waals surface area contributed by atoms with Gasteiger partial charge in [-0.15, -0.1) is 0 Å². The summed E-state index contributed by atoms with van der Waals surface area (Å²) in [5.41, 5.74) is -0.194. The third-order valence-corrected chi connectivity index (χ3v) is 3.00. The van der Waals surface area contributed by atoms with E-state index in [1.807, 2.05) is 6.92 Å². The summed E-state index contributed by atoms with van der Waals surface area (Å²) in [6, 6.07) is 2.89. The molecule has 1 unspecified atom stereocenters. The largest absolute Gasteiger partial charge is 0.343 e. The van der Waals surface area contributed by atoms with Crippen LogP contribution in [-0.2, 0) is 9.59 Å². The van der Waals surface area contributed by atoms with Gasteiger partial charge in [0.25, 0.3) is 0 Å². The molecule has 19 heavy (non-hydrogen) atoms. The van der Waals surface area contributed by atoms with Crippen LogP contribution in [0, 0.1) is 11.6 Å². The first-order valence-electron chi connectivity index (χ1n) is 6.09. The van der Waals surface area contributed by atoms with Gasteiger partial charge in [0.05, 0.1) is 5.69 Å². The molecule has 1 atom stereocenters. The summed E-state index contributed by atoms with van der Waals surface area (Å²) >= 11 is 0. The number of carbonyl (C=O) groups excluding carboxylic acids is 2.